The number of allylic oxidation sites excluding steroid dienone is 1. The van der Waals surface area contributed by atoms with Crippen molar-refractivity contribution in [1.82, 2.24) is 4.98 Å². The Morgan fingerprint density at radius 1 is 0.527 bits per heavy atom. The van der Waals surface area contributed by atoms with E-state index in [9.17, 15) is 5.41 Å². The molecule has 4 heteroatoms. The third-order valence-electron chi connectivity index (χ3n) is 10.4. The van der Waals surface area contributed by atoms with Crippen LogP contribution in [0.15, 0.2) is 193 Å². The van der Waals surface area contributed by atoms with E-state index in [0.29, 0.717) is 11.4 Å². The van der Waals surface area contributed by atoms with Crippen LogP contribution in [-0.4, -0.2) is 16.9 Å². The highest BCUT2D eigenvalue weighted by Crippen LogP contribution is 2.41. The van der Waals surface area contributed by atoms with E-state index in [1.165, 1.54) is 48.0 Å². The normalized spacial score (nSPS) is 12.1. The van der Waals surface area contributed by atoms with Gasteiger partial charge in [0.2, 0.25) is 0 Å². The highest BCUT2D eigenvalue weighted by atomic mass is 32.1. The van der Waals surface area contributed by atoms with Crippen molar-refractivity contribution >= 4 is 81.6 Å². The minimum atomic E-state index is 0.374. The summed E-state index contributed by atoms with van der Waals surface area (Å²) in [6, 6.07) is 63.4. The molecule has 0 aliphatic rings. The quantitative estimate of drug-likeness (QED) is 0.129. The molecule has 1 N–H and O–H groups in total. The molecule has 0 radical (unpaired) electrons. The van der Waals surface area contributed by atoms with Gasteiger partial charge in [-0.25, -0.2) is 4.98 Å². The predicted molar refractivity (Wildman–Crippen MR) is 236 cm³/mol. The average Bonchev–Trinajstić information content (AvgIpc) is 3.64. The molecule has 258 valence electrons. The summed E-state index contributed by atoms with van der Waals surface area (Å²) in [7, 11) is 0. The van der Waals surface area contributed by atoms with Crippen molar-refractivity contribution in [2.75, 3.05) is 0 Å². The predicted octanol–water partition coefficient (Wildman–Crippen LogP) is 13.8. The third-order valence-corrected chi connectivity index (χ3v) is 11.4. The van der Waals surface area contributed by atoms with Crippen LogP contribution < -0.4 is 0 Å². The summed E-state index contributed by atoms with van der Waals surface area (Å²) in [6.45, 7) is 0. The molecule has 0 spiro atoms. The molecule has 55 heavy (non-hydrogen) atoms. The van der Waals surface area contributed by atoms with Crippen LogP contribution in [0.4, 0.5) is 0 Å². The summed E-state index contributed by atoms with van der Waals surface area (Å²) in [6.07, 6.45) is 3.75. The van der Waals surface area contributed by atoms with Gasteiger partial charge in [-0.15, -0.1) is 11.3 Å². The second kappa shape index (κ2) is 13.8. The number of hydrogen-bond donors (Lipinski definition) is 1. The molecule has 8 aromatic carbocycles. The Morgan fingerprint density at radius 2 is 1.20 bits per heavy atom. The van der Waals surface area contributed by atoms with Crippen LogP contribution in [0.1, 0.15) is 16.7 Å². The average molecular weight is 720 g/mol. The zero-order chi connectivity index (χ0) is 36.7. The molecule has 0 fully saturated rings. The van der Waals surface area contributed by atoms with E-state index in [1.54, 1.807) is 11.3 Å². The lowest BCUT2D eigenvalue weighted by Gasteiger charge is -2.12. The van der Waals surface area contributed by atoms with E-state index in [-0.39, 0.29) is 0 Å². The first kappa shape index (κ1) is 32.6. The van der Waals surface area contributed by atoms with Gasteiger partial charge in [0.1, 0.15) is 4.83 Å². The first-order chi connectivity index (χ1) is 27.2. The zero-order valence-electron chi connectivity index (χ0n) is 29.8. The maximum absolute atomic E-state index is 9.39. The minimum Gasteiger partial charge on any atom is -0.300 e. The number of nitrogens with one attached hydrogen (secondary N) is 1. The molecule has 0 aliphatic carbocycles. The molecular weight excluding hydrogens is 687 g/mol. The topological polar surface area (TPSA) is 49.1 Å². The van der Waals surface area contributed by atoms with Crippen molar-refractivity contribution in [2.45, 2.75) is 0 Å². The van der Waals surface area contributed by atoms with E-state index < -0.39 is 0 Å². The Hall–Kier alpha value is -7.01. The number of benzene rings is 8. The molecule has 0 saturated heterocycles. The summed E-state index contributed by atoms with van der Waals surface area (Å²) >= 11 is 1.73. The van der Waals surface area contributed by atoms with Crippen molar-refractivity contribution in [2.24, 2.45) is 4.99 Å². The highest BCUT2D eigenvalue weighted by molar-refractivity contribution is 7.25. The van der Waals surface area contributed by atoms with Crippen LogP contribution in [0.25, 0.3) is 80.7 Å². The summed E-state index contributed by atoms with van der Waals surface area (Å²) in [4.78, 5) is 11.3. The molecule has 2 heterocycles. The van der Waals surface area contributed by atoms with Crippen LogP contribution in [-0.2, 0) is 0 Å². The van der Waals surface area contributed by atoms with Crippen molar-refractivity contribution in [3.63, 3.8) is 0 Å². The second-order valence-electron chi connectivity index (χ2n) is 13.7. The van der Waals surface area contributed by atoms with Crippen LogP contribution in [0, 0.1) is 5.41 Å². The van der Waals surface area contributed by atoms with Crippen molar-refractivity contribution in [3.8, 4) is 22.4 Å². The summed E-state index contributed by atoms with van der Waals surface area (Å²) in [5.41, 5.74) is 8.05. The van der Waals surface area contributed by atoms with E-state index in [2.05, 4.69) is 140 Å². The maximum atomic E-state index is 9.39. The molecule has 3 nitrogen and oxygen atoms in total. The Labute approximate surface area is 322 Å². The van der Waals surface area contributed by atoms with Crippen LogP contribution in [0.5, 0.6) is 0 Å². The van der Waals surface area contributed by atoms with Crippen molar-refractivity contribution < 1.29 is 0 Å². The maximum Gasteiger partial charge on any atom is 0.125 e. The lowest BCUT2D eigenvalue weighted by molar-refractivity contribution is 1.44. The van der Waals surface area contributed by atoms with E-state index in [1.807, 2.05) is 54.8 Å². The van der Waals surface area contributed by atoms with Gasteiger partial charge in [-0.05, 0) is 67.9 Å². The zero-order valence-corrected chi connectivity index (χ0v) is 30.6. The number of fused-ring (bicyclic) bond motifs is 8. The van der Waals surface area contributed by atoms with Gasteiger partial charge in [-0.1, -0.05) is 164 Å². The Bertz CT molecular complexity index is 3150. The van der Waals surface area contributed by atoms with Crippen LogP contribution >= 0.6 is 11.3 Å². The molecule has 0 aliphatic heterocycles. The van der Waals surface area contributed by atoms with Gasteiger partial charge in [0.05, 0.1) is 17.1 Å². The number of pyridine rings is 1. The summed E-state index contributed by atoms with van der Waals surface area (Å²) < 4.78 is 1.23. The van der Waals surface area contributed by atoms with Gasteiger partial charge in [0.25, 0.3) is 0 Å². The Kier molecular flexibility index (Phi) is 8.16. The number of aromatic nitrogens is 1. The molecule has 0 unspecified atom stereocenters. The van der Waals surface area contributed by atoms with Gasteiger partial charge in [-0.2, -0.15) is 0 Å². The highest BCUT2D eigenvalue weighted by Gasteiger charge is 2.16. The fraction of sp³-hybridized carbons (Fsp3) is 0. The first-order valence-corrected chi connectivity index (χ1v) is 19.2. The van der Waals surface area contributed by atoms with Gasteiger partial charge in [0.15, 0.2) is 0 Å². The summed E-state index contributed by atoms with van der Waals surface area (Å²) in [5.74, 6) is 0. The molecular formula is C51H33N3S. The van der Waals surface area contributed by atoms with E-state index in [4.69, 9.17) is 9.98 Å². The van der Waals surface area contributed by atoms with Crippen LogP contribution in [0.3, 0.4) is 0 Å². The number of hydrogen-bond acceptors (Lipinski definition) is 4. The third kappa shape index (κ3) is 5.99. The fourth-order valence-electron chi connectivity index (χ4n) is 7.71. The Morgan fingerprint density at radius 3 is 2.02 bits per heavy atom. The smallest absolute Gasteiger partial charge is 0.125 e. The molecule has 0 saturated carbocycles. The molecule has 0 atom stereocenters. The Balaban J connectivity index is 1.05. The van der Waals surface area contributed by atoms with Crippen molar-refractivity contribution in [1.29, 1.82) is 5.41 Å². The number of thiophene rings is 1. The minimum absolute atomic E-state index is 0.374. The monoisotopic (exact) mass is 719 g/mol. The van der Waals surface area contributed by atoms with E-state index in [0.717, 1.165) is 43.7 Å². The lowest BCUT2D eigenvalue weighted by Crippen LogP contribution is -1.98. The number of nitrogens with zero attached hydrogens (tertiary/aromatic N) is 2. The standard InChI is InChI=1S/C51H33N3S/c52-46(37-16-12-17-38(29-37)50-43-22-9-8-21-42(43)49-44-23-10-11-24-48(44)55-51(49)54-50)31-47(53-32-33-13-2-1-3-14-33)35-27-25-34(26-28-35)45-30-36-15-4-5-18-39(36)40-19-6-7-20-41(40)45/h1-32,52H/b47-31-,52-46?,53-32?. The fourth-order valence-corrected chi connectivity index (χ4v) is 8.80. The lowest BCUT2D eigenvalue weighted by atomic mass is 9.92. The van der Waals surface area contributed by atoms with Crippen molar-refractivity contribution in [3.05, 3.63) is 205 Å². The van der Waals surface area contributed by atoms with E-state index >= 15 is 0 Å². The molecule has 0 bridgehead atoms. The van der Waals surface area contributed by atoms with Gasteiger partial charge < -0.3 is 5.41 Å². The van der Waals surface area contributed by atoms with Gasteiger partial charge >= 0.3 is 0 Å². The van der Waals surface area contributed by atoms with Crippen LogP contribution in [0.2, 0.25) is 0 Å². The SMILES string of the molecule is N=C(/C=C(\N=Cc1ccccc1)c1ccc(-c2cc3ccccc3c3ccccc23)cc1)c1cccc(-c2nc3sc4ccccc4c3c3ccccc23)c1. The number of aliphatic imine (C=N–C) groups is 1. The van der Waals surface area contributed by atoms with Gasteiger partial charge in [-0.3, -0.25) is 4.99 Å². The van der Waals surface area contributed by atoms with Gasteiger partial charge in [0, 0.05) is 43.8 Å². The first-order valence-electron chi connectivity index (χ1n) is 18.4. The molecule has 0 amide bonds. The molecule has 10 rings (SSSR count). The number of rotatable bonds is 7. The second-order valence-corrected chi connectivity index (χ2v) is 14.8. The molecule has 10 aromatic rings. The molecule has 2 aromatic heterocycles. The largest absolute Gasteiger partial charge is 0.300 e. The summed E-state index contributed by atoms with van der Waals surface area (Å²) in [5, 5.41) is 19.1.